The van der Waals surface area contributed by atoms with Crippen LogP contribution in [0.4, 0.5) is 0 Å². The maximum Gasteiger partial charge on any atom is 0.191 e. The minimum absolute atomic E-state index is 0. The first kappa shape index (κ1) is 22.2. The summed E-state index contributed by atoms with van der Waals surface area (Å²) in [5.41, 5.74) is 1.34. The Kier molecular flexibility index (Phi) is 12.8. The van der Waals surface area contributed by atoms with E-state index in [1.54, 1.807) is 0 Å². The first-order valence-corrected chi connectivity index (χ1v) is 9.55. The summed E-state index contributed by atoms with van der Waals surface area (Å²) >= 11 is 0. The second-order valence-electron chi connectivity index (χ2n) is 6.44. The van der Waals surface area contributed by atoms with Gasteiger partial charge in [0.25, 0.3) is 0 Å². The van der Waals surface area contributed by atoms with Gasteiger partial charge in [-0.15, -0.1) is 24.0 Å². The molecule has 0 unspecified atom stereocenters. The molecule has 0 aromatic heterocycles. The molecule has 0 saturated heterocycles. The summed E-state index contributed by atoms with van der Waals surface area (Å²) in [7, 11) is 0. The van der Waals surface area contributed by atoms with E-state index in [2.05, 4.69) is 46.8 Å². The van der Waals surface area contributed by atoms with Gasteiger partial charge in [-0.3, -0.25) is 4.99 Å². The fourth-order valence-corrected chi connectivity index (χ4v) is 3.03. The standard InChI is InChI=1S/C20H33N3O.HI/c1-2-21-20(23-19-12-6-7-13-19)22-15-8-9-16-24-17-14-18-10-4-3-5-11-18;/h3-5,10-11,19H,2,6-9,12-17H2,1H3,(H2,21,22,23);1H. The van der Waals surface area contributed by atoms with E-state index in [4.69, 9.17) is 4.74 Å². The van der Waals surface area contributed by atoms with Gasteiger partial charge in [0.15, 0.2) is 5.96 Å². The lowest BCUT2D eigenvalue weighted by molar-refractivity contribution is 0.134. The maximum atomic E-state index is 5.72. The van der Waals surface area contributed by atoms with Crippen molar-refractivity contribution in [1.82, 2.24) is 10.6 Å². The molecule has 0 atom stereocenters. The van der Waals surface area contributed by atoms with Crippen LogP contribution in [0.3, 0.4) is 0 Å². The number of hydrogen-bond acceptors (Lipinski definition) is 2. The molecule has 5 heteroatoms. The number of halogens is 1. The van der Waals surface area contributed by atoms with E-state index in [-0.39, 0.29) is 24.0 Å². The second kappa shape index (κ2) is 14.4. The largest absolute Gasteiger partial charge is 0.381 e. The van der Waals surface area contributed by atoms with Crippen molar-refractivity contribution in [2.45, 2.75) is 57.9 Å². The first-order valence-electron chi connectivity index (χ1n) is 9.55. The van der Waals surface area contributed by atoms with E-state index in [9.17, 15) is 0 Å². The normalized spacial score (nSPS) is 15.0. The monoisotopic (exact) mass is 459 g/mol. The van der Waals surface area contributed by atoms with Crippen LogP contribution in [0, 0.1) is 0 Å². The van der Waals surface area contributed by atoms with Gasteiger partial charge < -0.3 is 15.4 Å². The molecule has 1 aliphatic rings. The highest BCUT2D eigenvalue weighted by atomic mass is 127. The highest BCUT2D eigenvalue weighted by molar-refractivity contribution is 14.0. The molecular weight excluding hydrogens is 425 g/mol. The molecule has 1 aromatic carbocycles. The van der Waals surface area contributed by atoms with Crippen molar-refractivity contribution in [3.05, 3.63) is 35.9 Å². The fraction of sp³-hybridized carbons (Fsp3) is 0.650. The number of guanidine groups is 1. The highest BCUT2D eigenvalue weighted by Crippen LogP contribution is 2.17. The molecule has 142 valence electrons. The Hall–Kier alpha value is -0.820. The summed E-state index contributed by atoms with van der Waals surface area (Å²) in [5.74, 6) is 0.981. The van der Waals surface area contributed by atoms with Crippen LogP contribution >= 0.6 is 24.0 Å². The molecule has 1 saturated carbocycles. The smallest absolute Gasteiger partial charge is 0.191 e. The Morgan fingerprint density at radius 2 is 1.88 bits per heavy atom. The SMILES string of the molecule is CCNC(=NCCCCOCCc1ccccc1)NC1CCCC1.I. The molecule has 0 spiro atoms. The minimum Gasteiger partial charge on any atom is -0.381 e. The van der Waals surface area contributed by atoms with Crippen molar-refractivity contribution in [1.29, 1.82) is 0 Å². The number of benzene rings is 1. The van der Waals surface area contributed by atoms with Crippen LogP contribution in [0.5, 0.6) is 0 Å². The van der Waals surface area contributed by atoms with Gasteiger partial charge in [-0.1, -0.05) is 43.2 Å². The van der Waals surface area contributed by atoms with Crippen LogP contribution in [0.2, 0.25) is 0 Å². The summed E-state index contributed by atoms with van der Waals surface area (Å²) < 4.78 is 5.72. The third kappa shape index (κ3) is 10.0. The van der Waals surface area contributed by atoms with Crippen LogP contribution in [-0.2, 0) is 11.2 Å². The number of unbranched alkanes of at least 4 members (excludes halogenated alkanes) is 1. The zero-order valence-corrected chi connectivity index (χ0v) is 17.8. The Bertz CT molecular complexity index is 461. The Morgan fingerprint density at radius 1 is 1.12 bits per heavy atom. The molecule has 2 rings (SSSR count). The van der Waals surface area contributed by atoms with E-state index in [0.29, 0.717) is 6.04 Å². The molecule has 0 bridgehead atoms. The maximum absolute atomic E-state index is 5.72. The van der Waals surface area contributed by atoms with Crippen molar-refractivity contribution >= 4 is 29.9 Å². The highest BCUT2D eigenvalue weighted by Gasteiger charge is 2.15. The molecule has 2 N–H and O–H groups in total. The molecule has 25 heavy (non-hydrogen) atoms. The minimum atomic E-state index is 0. The Labute approximate surface area is 170 Å². The zero-order valence-electron chi connectivity index (χ0n) is 15.5. The van der Waals surface area contributed by atoms with Gasteiger partial charge in [-0.25, -0.2) is 0 Å². The first-order chi connectivity index (χ1) is 11.9. The summed E-state index contributed by atoms with van der Waals surface area (Å²) in [5, 5.41) is 6.90. The van der Waals surface area contributed by atoms with E-state index < -0.39 is 0 Å². The van der Waals surface area contributed by atoms with Gasteiger partial charge >= 0.3 is 0 Å². The third-order valence-corrected chi connectivity index (χ3v) is 4.38. The van der Waals surface area contributed by atoms with Gasteiger partial charge in [0.2, 0.25) is 0 Å². The number of hydrogen-bond donors (Lipinski definition) is 2. The average Bonchev–Trinajstić information content (AvgIpc) is 3.11. The van der Waals surface area contributed by atoms with Gasteiger partial charge in [0, 0.05) is 25.7 Å². The number of ether oxygens (including phenoxy) is 1. The zero-order chi connectivity index (χ0) is 16.9. The molecule has 1 aromatic rings. The van der Waals surface area contributed by atoms with Crippen LogP contribution < -0.4 is 10.6 Å². The lowest BCUT2D eigenvalue weighted by Crippen LogP contribution is -2.42. The number of rotatable bonds is 10. The molecule has 4 nitrogen and oxygen atoms in total. The molecule has 0 radical (unpaired) electrons. The number of nitrogens with zero attached hydrogens (tertiary/aromatic N) is 1. The third-order valence-electron chi connectivity index (χ3n) is 4.38. The molecule has 0 heterocycles. The van der Waals surface area contributed by atoms with Crippen molar-refractivity contribution < 1.29 is 4.74 Å². The number of nitrogens with one attached hydrogen (secondary N) is 2. The summed E-state index contributed by atoms with van der Waals surface area (Å²) in [6.45, 7) is 5.53. The predicted octanol–water partition coefficient (Wildman–Crippen LogP) is 4.14. The Morgan fingerprint density at radius 3 is 2.60 bits per heavy atom. The van der Waals surface area contributed by atoms with Crippen LogP contribution in [-0.4, -0.2) is 38.3 Å². The molecule has 0 amide bonds. The lowest BCUT2D eigenvalue weighted by Gasteiger charge is -2.16. The van der Waals surface area contributed by atoms with Gasteiger partial charge in [0.1, 0.15) is 0 Å². The van der Waals surface area contributed by atoms with Crippen molar-refractivity contribution in [3.63, 3.8) is 0 Å². The van der Waals surface area contributed by atoms with Crippen molar-refractivity contribution in [2.24, 2.45) is 4.99 Å². The molecule has 1 aliphatic carbocycles. The molecule has 1 fully saturated rings. The summed E-state index contributed by atoms with van der Waals surface area (Å²) in [4.78, 5) is 4.68. The predicted molar refractivity (Wildman–Crippen MR) is 117 cm³/mol. The molecular formula is C20H34IN3O. The average molecular weight is 459 g/mol. The number of aliphatic imine (C=N–C) groups is 1. The van der Waals surface area contributed by atoms with E-state index in [1.165, 1.54) is 31.2 Å². The van der Waals surface area contributed by atoms with Crippen LogP contribution in [0.1, 0.15) is 51.0 Å². The Balaban J connectivity index is 0.00000312. The summed E-state index contributed by atoms with van der Waals surface area (Å²) in [6, 6.07) is 11.1. The fourth-order valence-electron chi connectivity index (χ4n) is 3.03. The quantitative estimate of drug-likeness (QED) is 0.239. The van der Waals surface area contributed by atoms with Crippen molar-refractivity contribution in [3.8, 4) is 0 Å². The summed E-state index contributed by atoms with van der Waals surface area (Å²) in [6.07, 6.45) is 8.39. The van der Waals surface area contributed by atoms with Gasteiger partial charge in [0.05, 0.1) is 6.61 Å². The second-order valence-corrected chi connectivity index (χ2v) is 6.44. The van der Waals surface area contributed by atoms with E-state index >= 15 is 0 Å². The van der Waals surface area contributed by atoms with Crippen LogP contribution in [0.15, 0.2) is 35.3 Å². The van der Waals surface area contributed by atoms with E-state index in [1.807, 2.05) is 6.07 Å². The van der Waals surface area contributed by atoms with Gasteiger partial charge in [-0.05, 0) is 44.6 Å². The van der Waals surface area contributed by atoms with E-state index in [0.717, 1.165) is 51.5 Å². The lowest BCUT2D eigenvalue weighted by atomic mass is 10.2. The van der Waals surface area contributed by atoms with Crippen LogP contribution in [0.25, 0.3) is 0 Å². The van der Waals surface area contributed by atoms with Gasteiger partial charge in [-0.2, -0.15) is 0 Å². The van der Waals surface area contributed by atoms with Crippen molar-refractivity contribution in [2.75, 3.05) is 26.3 Å². The topological polar surface area (TPSA) is 45.7 Å². The molecule has 0 aliphatic heterocycles.